The number of hydrogen-bond donors (Lipinski definition) is 10. The summed E-state index contributed by atoms with van der Waals surface area (Å²) in [5.41, 5.74) is 16.7. The Hall–Kier alpha value is -12.9. The van der Waals surface area contributed by atoms with Crippen molar-refractivity contribution in [1.82, 2.24) is 92.2 Å². The summed E-state index contributed by atoms with van der Waals surface area (Å²) in [4.78, 5) is 59.3. The quantitative estimate of drug-likeness (QED) is 0.0159. The predicted molar refractivity (Wildman–Crippen MR) is 563 cm³/mol. The Labute approximate surface area is 814 Å². The molecule has 16 aromatic rings. The second-order valence-electron chi connectivity index (χ2n) is 36.4. The van der Waals surface area contributed by atoms with Gasteiger partial charge in [0.2, 0.25) is 0 Å². The fourth-order valence-electron chi connectivity index (χ4n) is 17.2. The van der Waals surface area contributed by atoms with Gasteiger partial charge in [0.25, 0.3) is 0 Å². The van der Waals surface area contributed by atoms with Gasteiger partial charge in [-0.05, 0) is 170 Å². The molecule has 0 aliphatic rings. The van der Waals surface area contributed by atoms with Crippen molar-refractivity contribution in [2.24, 2.45) is 11.8 Å². The maximum atomic E-state index is 9.59. The molecule has 13 aromatic heterocycles. The number of aliphatic hydroxyl groups is 4. The average Bonchev–Trinajstić information content (AvgIpc) is 1.67. The third kappa shape index (κ3) is 30.8. The lowest BCUT2D eigenvalue weighted by atomic mass is 10.1. The van der Waals surface area contributed by atoms with Crippen LogP contribution in [0, 0.1) is 53.4 Å². The number of benzene rings is 3. The van der Waals surface area contributed by atoms with Gasteiger partial charge < -0.3 is 84.5 Å². The first-order valence-electron chi connectivity index (χ1n) is 49.5. The number of nitrogens with zero attached hydrogens (tertiary/aromatic N) is 19. The van der Waals surface area contributed by atoms with Crippen LogP contribution in [0.3, 0.4) is 0 Å². The van der Waals surface area contributed by atoms with Gasteiger partial charge in [-0.15, -0.1) is 0 Å². The zero-order chi connectivity index (χ0) is 98.4. The molecule has 5 atom stereocenters. The first-order chi connectivity index (χ1) is 66.9. The summed E-state index contributed by atoms with van der Waals surface area (Å²) in [6.07, 6.45) is 27.2. The lowest BCUT2D eigenvalue weighted by molar-refractivity contribution is 0.210. The van der Waals surface area contributed by atoms with Crippen LogP contribution < -0.4 is 31.9 Å². The minimum Gasteiger partial charge on any atom is -0.396 e. The van der Waals surface area contributed by atoms with Crippen molar-refractivity contribution >= 4 is 101 Å². The highest BCUT2D eigenvalue weighted by molar-refractivity contribution is 5.91. The van der Waals surface area contributed by atoms with Crippen molar-refractivity contribution in [2.75, 3.05) is 78.6 Å². The van der Waals surface area contributed by atoms with E-state index < -0.39 is 0 Å². The smallest absolute Gasteiger partial charge is 0.154 e. The Morgan fingerprint density at radius 2 is 0.616 bits per heavy atom. The van der Waals surface area contributed by atoms with Gasteiger partial charge in [0.05, 0.1) is 77.2 Å². The number of aryl methyl sites for hydroxylation is 6. The fraction of sp³-hybridized carbons (Fsp3) is 0.454. The number of aromatic nitrogens is 19. The van der Waals surface area contributed by atoms with Crippen molar-refractivity contribution in [3.8, 4) is 0 Å². The number of hydrogen-bond acceptors (Lipinski definition) is 24. The van der Waals surface area contributed by atoms with Crippen LogP contribution in [0.4, 0.5) is 34.9 Å². The maximum Gasteiger partial charge on any atom is 0.154 e. The SMILES string of the molecule is CCCC(C)Nc1nc(C)nc2ccn(Cc3ccccc3)c12.CCCC[C@@H](CCO)Nc1nc(C)nc2ccn(CC(C)C)c12.CCC[C@@H](CCO)Nc1nc(C)nc2ccn(Cc3ccccc3)c12.CCC[C@@H](CO)Nc1nc(C)nc2ccn(CC(C)C)c12.CCC[C@@H](CO)Nc1nc(C)nc2ccn(Cc3ccccn3)c12.COCCNc1nc(C)nc2ccn(Cc3ccccc3)c12. The van der Waals surface area contributed by atoms with Crippen LogP contribution in [0.15, 0.2) is 189 Å². The molecule has 30 nitrogen and oxygen atoms in total. The summed E-state index contributed by atoms with van der Waals surface area (Å²) < 4.78 is 18.2. The van der Waals surface area contributed by atoms with Gasteiger partial charge in [0.1, 0.15) is 68.0 Å². The molecule has 0 fully saturated rings. The van der Waals surface area contributed by atoms with Gasteiger partial charge >= 0.3 is 0 Å². The zero-order valence-electron chi connectivity index (χ0n) is 84.3. The molecule has 0 saturated heterocycles. The molecule has 0 saturated carbocycles. The monoisotopic (exact) mass is 1880 g/mol. The van der Waals surface area contributed by atoms with E-state index in [4.69, 9.17) is 4.74 Å². The third-order valence-corrected chi connectivity index (χ3v) is 23.4. The zero-order valence-corrected chi connectivity index (χ0v) is 84.3. The molecule has 0 amide bonds. The number of unbranched alkanes of at least 4 members (excludes halogenated alkanes) is 1. The van der Waals surface area contributed by atoms with Crippen molar-refractivity contribution in [3.63, 3.8) is 0 Å². The van der Waals surface area contributed by atoms with Crippen LogP contribution in [-0.4, -0.2) is 190 Å². The highest BCUT2D eigenvalue weighted by Gasteiger charge is 2.23. The van der Waals surface area contributed by atoms with Gasteiger partial charge in [0, 0.05) is 121 Å². The molecule has 1 unspecified atom stereocenters. The van der Waals surface area contributed by atoms with Crippen molar-refractivity contribution in [1.29, 1.82) is 0 Å². The summed E-state index contributed by atoms with van der Waals surface area (Å²) in [5, 5.41) is 58.6. The predicted octanol–water partition coefficient (Wildman–Crippen LogP) is 20.5. The maximum absolute atomic E-state index is 9.59. The van der Waals surface area contributed by atoms with Crippen LogP contribution in [0.2, 0.25) is 0 Å². The van der Waals surface area contributed by atoms with Crippen LogP contribution in [-0.2, 0) is 44.0 Å². The van der Waals surface area contributed by atoms with E-state index in [2.05, 4.69) is 309 Å². The molecule has 138 heavy (non-hydrogen) atoms. The van der Waals surface area contributed by atoms with Crippen LogP contribution in [0.1, 0.15) is 210 Å². The van der Waals surface area contributed by atoms with Crippen LogP contribution in [0.5, 0.6) is 0 Å². The van der Waals surface area contributed by atoms with E-state index in [1.807, 2.05) is 108 Å². The van der Waals surface area contributed by atoms with E-state index in [0.717, 1.165) is 259 Å². The number of ether oxygens (including phenoxy) is 1. The second kappa shape index (κ2) is 54.3. The van der Waals surface area contributed by atoms with Crippen molar-refractivity contribution < 1.29 is 25.2 Å². The molecule has 0 aliphatic heterocycles. The van der Waals surface area contributed by atoms with Gasteiger partial charge in [-0.3, -0.25) is 4.98 Å². The van der Waals surface area contributed by atoms with E-state index >= 15 is 0 Å². The van der Waals surface area contributed by atoms with Crippen LogP contribution in [0.25, 0.3) is 66.2 Å². The lowest BCUT2D eigenvalue weighted by Gasteiger charge is -2.20. The molecule has 16 rings (SSSR count). The van der Waals surface area contributed by atoms with Crippen LogP contribution >= 0.6 is 0 Å². The summed E-state index contributed by atoms with van der Waals surface area (Å²) in [7, 11) is 1.70. The molecule has 10 N–H and O–H groups in total. The molecule has 30 heteroatoms. The Morgan fingerprint density at radius 3 is 0.935 bits per heavy atom. The van der Waals surface area contributed by atoms with Gasteiger partial charge in [-0.1, -0.05) is 198 Å². The topological polar surface area (TPSA) is 359 Å². The Bertz CT molecular complexity index is 6310. The normalized spacial score (nSPS) is 12.4. The largest absolute Gasteiger partial charge is 0.396 e. The number of aliphatic hydroxyl groups excluding tert-OH is 4. The molecule has 0 bridgehead atoms. The number of methoxy groups -OCH3 is 1. The molecule has 0 radical (unpaired) electrons. The highest BCUT2D eigenvalue weighted by atomic mass is 16.5. The minimum absolute atomic E-state index is 0.00861. The van der Waals surface area contributed by atoms with E-state index in [1.54, 1.807) is 13.3 Å². The van der Waals surface area contributed by atoms with E-state index in [9.17, 15) is 20.4 Å². The lowest BCUT2D eigenvalue weighted by Crippen LogP contribution is -2.24. The standard InChI is InChI=1S/C20H26N4O.C19H24N4.C18H23N5O.C18H30N4O.C17H20N4O.C16H26N4O/c1-3-7-17(11-13-25)23-20-19-18(21-15(2)22-20)10-12-24(19)14-16-8-5-4-6-9-16;1-4-8-14(2)20-19-18-17(21-15(3)22-19)11-12-23(18)13-16-9-6-5-7-10-16;1-3-6-15(12-24)22-18-17-16(20-13(2)21-18)8-10-23(17)11-14-7-4-5-9-19-14;1-5-6-7-15(9-11-23)21-18-17-16(19-14(4)20-18)8-10-22(17)12-13(2)3;1-13-19-15-8-10-21(12-14-6-4-3-5-7-14)16(15)17(20-13)18-9-11-22-2;1-5-6-13(10-21)19-16-15-14(17-12(4)18-16)7-8-20(15)9-11(2)3/h4-6,8-10,12,17,25H,3,7,11,13-14H2,1-2H3,(H,21,22,23);5-7,9-12,14H,4,8,13H2,1-3H3,(H,20,21,22);4-5,7-10,15,24H,3,6,11-12H2,1-2H3,(H,20,21,22);8,10,13,15,23H,5-7,9,11-12H2,1-4H3,(H,19,20,21);3-8,10H,9,11-12H2,1-2H3,(H,18,19,20);7-8,11,13,21H,5-6,9-10H2,1-4H3,(H,17,18,19)/t17-;;2*15-;;13-/m0.00.0/s1. The summed E-state index contributed by atoms with van der Waals surface area (Å²) in [6, 6.07) is 50.3. The Kier molecular flexibility index (Phi) is 41.6. The fourth-order valence-corrected chi connectivity index (χ4v) is 17.2. The highest BCUT2D eigenvalue weighted by Crippen LogP contribution is 2.32. The molecule has 3 aromatic carbocycles. The minimum atomic E-state index is -0.00861. The molecular formula is C108H149N25O5. The second-order valence-corrected chi connectivity index (χ2v) is 36.4. The summed E-state index contributed by atoms with van der Waals surface area (Å²) in [6.45, 7) is 40.2. The molecular weight excluding hydrogens is 1730 g/mol. The summed E-state index contributed by atoms with van der Waals surface area (Å²) in [5.74, 6) is 10.8. The molecule has 736 valence electrons. The first kappa shape index (κ1) is 106. The average molecular weight is 1880 g/mol. The Balaban J connectivity index is 0.000000159. The first-order valence-corrected chi connectivity index (χ1v) is 49.5. The van der Waals surface area contributed by atoms with E-state index in [-0.39, 0.29) is 50.6 Å². The number of fused-ring (bicyclic) bond motifs is 6. The van der Waals surface area contributed by atoms with E-state index in [0.29, 0.717) is 36.9 Å². The number of rotatable bonds is 43. The molecule has 13 heterocycles. The number of pyridine rings is 1. The van der Waals surface area contributed by atoms with Crippen molar-refractivity contribution in [3.05, 3.63) is 246 Å². The van der Waals surface area contributed by atoms with Gasteiger partial charge in [-0.2, -0.15) is 0 Å². The Morgan fingerprint density at radius 1 is 0.312 bits per heavy atom. The van der Waals surface area contributed by atoms with Gasteiger partial charge in [0.15, 0.2) is 34.9 Å². The summed E-state index contributed by atoms with van der Waals surface area (Å²) >= 11 is 0. The third-order valence-electron chi connectivity index (χ3n) is 23.4. The molecule has 0 aliphatic carbocycles. The molecule has 0 spiro atoms. The van der Waals surface area contributed by atoms with Crippen molar-refractivity contribution in [2.45, 2.75) is 264 Å². The van der Waals surface area contributed by atoms with Gasteiger partial charge in [-0.25, -0.2) is 59.8 Å². The number of nitrogens with one attached hydrogen (secondary N) is 6. The van der Waals surface area contributed by atoms with E-state index in [1.165, 1.54) is 16.7 Å². The number of anilines is 6.